The number of nitrogens with one attached hydrogen (secondary N) is 1. The van der Waals surface area contributed by atoms with E-state index in [2.05, 4.69) is 5.32 Å². The number of hydrogen-bond donors (Lipinski definition) is 1. The van der Waals surface area contributed by atoms with Crippen LogP contribution in [-0.2, 0) is 10.0 Å². The predicted molar refractivity (Wildman–Crippen MR) is 93.0 cm³/mol. The molecule has 0 bridgehead atoms. The van der Waals surface area contributed by atoms with Gasteiger partial charge in [0.1, 0.15) is 5.58 Å². The van der Waals surface area contributed by atoms with E-state index in [-0.39, 0.29) is 17.3 Å². The van der Waals surface area contributed by atoms with Crippen LogP contribution in [0.25, 0.3) is 11.0 Å². The van der Waals surface area contributed by atoms with Crippen molar-refractivity contribution in [1.29, 1.82) is 0 Å². The van der Waals surface area contributed by atoms with Crippen LogP contribution >= 0.6 is 12.4 Å². The van der Waals surface area contributed by atoms with Gasteiger partial charge in [0.05, 0.1) is 4.90 Å². The lowest BCUT2D eigenvalue weighted by atomic mass is 9.95. The summed E-state index contributed by atoms with van der Waals surface area (Å²) in [4.78, 5) is 11.5. The van der Waals surface area contributed by atoms with E-state index in [0.29, 0.717) is 36.0 Å². The van der Waals surface area contributed by atoms with Gasteiger partial charge in [-0.1, -0.05) is 0 Å². The minimum atomic E-state index is -3.52. The van der Waals surface area contributed by atoms with Gasteiger partial charge in [-0.05, 0) is 49.6 Å². The summed E-state index contributed by atoms with van der Waals surface area (Å²) in [6.45, 7) is 2.08. The van der Waals surface area contributed by atoms with Crippen molar-refractivity contribution in [2.75, 3.05) is 19.6 Å². The van der Waals surface area contributed by atoms with Crippen molar-refractivity contribution >= 4 is 33.4 Å². The van der Waals surface area contributed by atoms with Crippen LogP contribution in [0.15, 0.2) is 44.4 Å². The van der Waals surface area contributed by atoms with Crippen molar-refractivity contribution < 1.29 is 12.8 Å². The number of fused-ring (bicyclic) bond motifs is 2. The van der Waals surface area contributed by atoms with E-state index in [4.69, 9.17) is 4.42 Å². The monoisotopic (exact) mass is 370 g/mol. The number of halogens is 1. The molecule has 2 aliphatic heterocycles. The molecule has 0 saturated carbocycles. The maximum absolute atomic E-state index is 12.9. The topological polar surface area (TPSA) is 79.6 Å². The third-order valence-corrected chi connectivity index (χ3v) is 6.71. The van der Waals surface area contributed by atoms with E-state index in [1.807, 2.05) is 0 Å². The number of benzene rings is 1. The Balaban J connectivity index is 0.00000169. The van der Waals surface area contributed by atoms with Crippen LogP contribution in [0.1, 0.15) is 12.8 Å². The van der Waals surface area contributed by atoms with Gasteiger partial charge < -0.3 is 9.73 Å². The lowest BCUT2D eigenvalue weighted by molar-refractivity contribution is 0.247. The maximum atomic E-state index is 12.9. The third-order valence-electron chi connectivity index (χ3n) is 4.85. The molecule has 0 amide bonds. The Morgan fingerprint density at radius 2 is 2.00 bits per heavy atom. The summed E-state index contributed by atoms with van der Waals surface area (Å²) in [6.07, 6.45) is 1.88. The van der Waals surface area contributed by atoms with Gasteiger partial charge >= 0.3 is 5.63 Å². The molecule has 1 aromatic carbocycles. The first kappa shape index (κ1) is 17.4. The highest BCUT2D eigenvalue weighted by molar-refractivity contribution is 7.89. The molecule has 1 aromatic heterocycles. The quantitative estimate of drug-likeness (QED) is 0.812. The molecule has 2 aliphatic rings. The number of sulfonamides is 1. The summed E-state index contributed by atoms with van der Waals surface area (Å²) in [5.41, 5.74) is -0.0425. The van der Waals surface area contributed by atoms with Gasteiger partial charge in [0, 0.05) is 30.6 Å². The first-order valence-corrected chi connectivity index (χ1v) is 9.25. The van der Waals surface area contributed by atoms with Crippen molar-refractivity contribution in [2.45, 2.75) is 23.8 Å². The second-order valence-corrected chi connectivity index (χ2v) is 8.15. The fraction of sp³-hybridized carbons (Fsp3) is 0.438. The fourth-order valence-corrected chi connectivity index (χ4v) is 5.14. The number of rotatable bonds is 2. The Morgan fingerprint density at radius 3 is 2.83 bits per heavy atom. The van der Waals surface area contributed by atoms with Crippen LogP contribution < -0.4 is 10.9 Å². The summed E-state index contributed by atoms with van der Waals surface area (Å²) in [5.74, 6) is 0.400. The summed E-state index contributed by atoms with van der Waals surface area (Å²) >= 11 is 0. The van der Waals surface area contributed by atoms with Gasteiger partial charge in [-0.25, -0.2) is 13.2 Å². The van der Waals surface area contributed by atoms with Crippen molar-refractivity contribution in [3.63, 3.8) is 0 Å². The van der Waals surface area contributed by atoms with E-state index in [0.717, 1.165) is 19.4 Å². The molecule has 2 saturated heterocycles. The molecule has 2 fully saturated rings. The zero-order valence-electron chi connectivity index (χ0n) is 13.0. The zero-order valence-corrected chi connectivity index (χ0v) is 14.6. The minimum absolute atomic E-state index is 0. The first-order valence-electron chi connectivity index (χ1n) is 7.81. The lowest BCUT2D eigenvalue weighted by Crippen LogP contribution is -2.46. The largest absolute Gasteiger partial charge is 0.423 e. The van der Waals surface area contributed by atoms with Crippen molar-refractivity contribution in [3.05, 3.63) is 40.8 Å². The molecule has 2 atom stereocenters. The van der Waals surface area contributed by atoms with Crippen LogP contribution in [0.5, 0.6) is 0 Å². The fourth-order valence-electron chi connectivity index (χ4n) is 3.59. The highest BCUT2D eigenvalue weighted by Crippen LogP contribution is 2.29. The first-order chi connectivity index (χ1) is 11.0. The zero-order chi connectivity index (χ0) is 16.0. The standard InChI is InChI=1S/C16H18N2O4S.ClH/c19-16-4-1-11-9-13(2-3-15(11)22-16)23(20,21)18-8-6-14-12(10-18)5-7-17-14;/h1-4,9,12,14,17H,5-8,10H2;1H. The molecule has 0 aliphatic carbocycles. The molecule has 1 N–H and O–H groups in total. The Morgan fingerprint density at radius 1 is 1.17 bits per heavy atom. The second kappa shape index (κ2) is 6.48. The second-order valence-electron chi connectivity index (χ2n) is 6.22. The van der Waals surface area contributed by atoms with Crippen molar-refractivity contribution in [1.82, 2.24) is 9.62 Å². The molecule has 0 radical (unpaired) electrons. The molecule has 2 aromatic rings. The maximum Gasteiger partial charge on any atom is 0.336 e. The van der Waals surface area contributed by atoms with Crippen LogP contribution in [0, 0.1) is 5.92 Å². The van der Waals surface area contributed by atoms with Crippen molar-refractivity contribution in [2.24, 2.45) is 5.92 Å². The third kappa shape index (κ3) is 2.97. The predicted octanol–water partition coefficient (Wildman–Crippen LogP) is 1.59. The van der Waals surface area contributed by atoms with Gasteiger partial charge in [-0.15, -0.1) is 12.4 Å². The smallest absolute Gasteiger partial charge is 0.336 e. The molecule has 130 valence electrons. The normalized spacial score (nSPS) is 24.5. The number of hydrogen-bond acceptors (Lipinski definition) is 5. The Labute approximate surface area is 146 Å². The molecule has 24 heavy (non-hydrogen) atoms. The molecular weight excluding hydrogens is 352 g/mol. The van der Waals surface area contributed by atoms with E-state index >= 15 is 0 Å². The van der Waals surface area contributed by atoms with Crippen LogP contribution in [0.4, 0.5) is 0 Å². The summed E-state index contributed by atoms with van der Waals surface area (Å²) in [7, 11) is -3.52. The Hall–Kier alpha value is -1.41. The van der Waals surface area contributed by atoms with Gasteiger partial charge in [0.25, 0.3) is 0 Å². The van der Waals surface area contributed by atoms with Crippen LogP contribution in [0.3, 0.4) is 0 Å². The molecule has 3 heterocycles. The molecular formula is C16H19ClN2O4S. The van der Waals surface area contributed by atoms with Gasteiger partial charge in [-0.3, -0.25) is 0 Å². The molecule has 4 rings (SSSR count). The Kier molecular flexibility index (Phi) is 4.70. The lowest BCUT2D eigenvalue weighted by Gasteiger charge is -2.34. The van der Waals surface area contributed by atoms with E-state index in [1.54, 1.807) is 22.5 Å². The van der Waals surface area contributed by atoms with Gasteiger partial charge in [0.2, 0.25) is 10.0 Å². The Bertz CT molecular complexity index is 912. The van der Waals surface area contributed by atoms with Crippen molar-refractivity contribution in [3.8, 4) is 0 Å². The molecule has 6 nitrogen and oxygen atoms in total. The molecule has 2 unspecified atom stereocenters. The van der Waals surface area contributed by atoms with E-state index in [1.165, 1.54) is 12.1 Å². The average Bonchev–Trinajstić information content (AvgIpc) is 3.01. The number of nitrogens with zero attached hydrogens (tertiary/aromatic N) is 1. The molecule has 8 heteroatoms. The highest BCUT2D eigenvalue weighted by Gasteiger charge is 2.37. The minimum Gasteiger partial charge on any atom is -0.423 e. The van der Waals surface area contributed by atoms with E-state index in [9.17, 15) is 13.2 Å². The average molecular weight is 371 g/mol. The highest BCUT2D eigenvalue weighted by atomic mass is 35.5. The van der Waals surface area contributed by atoms with Crippen LogP contribution in [0.2, 0.25) is 0 Å². The summed E-state index contributed by atoms with van der Waals surface area (Å²) < 4.78 is 32.4. The summed E-state index contributed by atoms with van der Waals surface area (Å²) in [5, 5.41) is 4.05. The molecule has 0 spiro atoms. The van der Waals surface area contributed by atoms with Crippen LogP contribution in [-0.4, -0.2) is 38.4 Å². The number of piperidine rings is 1. The SMILES string of the molecule is Cl.O=c1ccc2cc(S(=O)(=O)N3CCC4NCCC4C3)ccc2o1. The van der Waals surface area contributed by atoms with Gasteiger partial charge in [-0.2, -0.15) is 4.31 Å². The van der Waals surface area contributed by atoms with E-state index < -0.39 is 15.6 Å². The van der Waals surface area contributed by atoms with Gasteiger partial charge in [0.15, 0.2) is 0 Å². The summed E-state index contributed by atoms with van der Waals surface area (Å²) in [6, 6.07) is 7.98.